The molecule has 2 heteroatoms. The molecule has 0 bridgehead atoms. The Balaban J connectivity index is 1.29. The molecular weight excluding hydrogens is 605 g/mol. The van der Waals surface area contributed by atoms with Gasteiger partial charge in [0.05, 0.1) is 22.4 Å². The van der Waals surface area contributed by atoms with Gasteiger partial charge in [-0.1, -0.05) is 143 Å². The van der Waals surface area contributed by atoms with Crippen molar-refractivity contribution in [3.63, 3.8) is 0 Å². The highest BCUT2D eigenvalue weighted by Gasteiger charge is 2.40. The van der Waals surface area contributed by atoms with Gasteiger partial charge in [-0.3, -0.25) is 0 Å². The van der Waals surface area contributed by atoms with Crippen molar-refractivity contribution in [2.45, 2.75) is 38.5 Å². The highest BCUT2D eigenvalue weighted by Crippen LogP contribution is 2.58. The number of benzene rings is 7. The molecule has 0 fully saturated rings. The third-order valence-corrected chi connectivity index (χ3v) is 11.6. The number of hydrogen-bond acceptors (Lipinski definition) is 1. The van der Waals surface area contributed by atoms with Crippen LogP contribution < -0.4 is 4.90 Å². The summed E-state index contributed by atoms with van der Waals surface area (Å²) < 4.78 is 2.42. The Bertz CT molecular complexity index is 2510. The first-order valence-electron chi connectivity index (χ1n) is 17.7. The standard InChI is InChI=1S/C48H38N2/c1-47(2)37-22-9-5-20-35(37)45-39(47)24-14-28-43(45)50(44-29-15-25-40-46(44)36-21-6-10-23-38(36)48(40,3)4)32-17-13-16-31(30-32)49-41-26-11-7-18-33(41)34-19-8-12-27-42(34)49/h5-30H,1-4H3. The van der Waals surface area contributed by atoms with Gasteiger partial charge in [0.15, 0.2) is 0 Å². The van der Waals surface area contributed by atoms with Gasteiger partial charge in [-0.05, 0) is 75.8 Å². The summed E-state index contributed by atoms with van der Waals surface area (Å²) in [5, 5.41) is 2.54. The number of nitrogens with zero attached hydrogens (tertiary/aromatic N) is 2. The van der Waals surface area contributed by atoms with E-state index in [4.69, 9.17) is 0 Å². The average molecular weight is 643 g/mol. The molecule has 7 aromatic carbocycles. The van der Waals surface area contributed by atoms with Gasteiger partial charge in [-0.2, -0.15) is 0 Å². The molecule has 2 nitrogen and oxygen atoms in total. The zero-order valence-electron chi connectivity index (χ0n) is 28.9. The molecule has 0 atom stereocenters. The number of fused-ring (bicyclic) bond motifs is 9. The summed E-state index contributed by atoms with van der Waals surface area (Å²) >= 11 is 0. The van der Waals surface area contributed by atoms with Gasteiger partial charge in [-0.15, -0.1) is 0 Å². The van der Waals surface area contributed by atoms with Crippen molar-refractivity contribution < 1.29 is 0 Å². The minimum Gasteiger partial charge on any atom is -0.309 e. The van der Waals surface area contributed by atoms with Crippen LogP contribution in [0.4, 0.5) is 17.1 Å². The number of rotatable bonds is 4. The molecule has 0 saturated heterocycles. The Morgan fingerprint density at radius 2 is 0.860 bits per heavy atom. The molecule has 2 aliphatic rings. The molecule has 1 aromatic heterocycles. The maximum absolute atomic E-state index is 2.55. The van der Waals surface area contributed by atoms with Crippen LogP contribution in [0.3, 0.4) is 0 Å². The van der Waals surface area contributed by atoms with Gasteiger partial charge < -0.3 is 9.47 Å². The molecule has 8 aromatic rings. The second kappa shape index (κ2) is 10.3. The Kier molecular flexibility index (Phi) is 6.01. The summed E-state index contributed by atoms with van der Waals surface area (Å²) in [5.74, 6) is 0. The maximum atomic E-state index is 2.55. The van der Waals surface area contributed by atoms with Crippen molar-refractivity contribution in [2.75, 3.05) is 4.90 Å². The minimum absolute atomic E-state index is 0.106. The number of para-hydroxylation sites is 2. The fraction of sp³-hybridized carbons (Fsp3) is 0.125. The fourth-order valence-electron chi connectivity index (χ4n) is 9.22. The molecule has 0 N–H and O–H groups in total. The minimum atomic E-state index is -0.106. The fourth-order valence-corrected chi connectivity index (χ4v) is 9.22. The average Bonchev–Trinajstić information content (AvgIpc) is 3.70. The van der Waals surface area contributed by atoms with Gasteiger partial charge in [-0.25, -0.2) is 0 Å². The van der Waals surface area contributed by atoms with Crippen molar-refractivity contribution >= 4 is 38.9 Å². The van der Waals surface area contributed by atoms with Crippen LogP contribution in [-0.2, 0) is 10.8 Å². The van der Waals surface area contributed by atoms with E-state index in [0.29, 0.717) is 0 Å². The lowest BCUT2D eigenvalue weighted by atomic mass is 9.82. The zero-order valence-corrected chi connectivity index (χ0v) is 28.9. The van der Waals surface area contributed by atoms with E-state index in [1.54, 1.807) is 0 Å². The lowest BCUT2D eigenvalue weighted by Crippen LogP contribution is -2.17. The summed E-state index contributed by atoms with van der Waals surface area (Å²) in [6, 6.07) is 58.5. The van der Waals surface area contributed by atoms with E-state index >= 15 is 0 Å². The molecule has 0 amide bonds. The Morgan fingerprint density at radius 3 is 1.40 bits per heavy atom. The predicted octanol–water partition coefficient (Wildman–Crippen LogP) is 12.9. The van der Waals surface area contributed by atoms with Crippen molar-refractivity contribution in [1.29, 1.82) is 0 Å². The third-order valence-electron chi connectivity index (χ3n) is 11.6. The van der Waals surface area contributed by atoms with E-state index in [0.717, 1.165) is 11.4 Å². The van der Waals surface area contributed by atoms with Gasteiger partial charge in [0.2, 0.25) is 0 Å². The van der Waals surface area contributed by atoms with Gasteiger partial charge in [0.1, 0.15) is 0 Å². The first kappa shape index (κ1) is 29.1. The second-order valence-corrected chi connectivity index (χ2v) is 15.0. The summed E-state index contributed by atoms with van der Waals surface area (Å²) in [6.45, 7) is 9.47. The van der Waals surface area contributed by atoms with E-state index in [1.165, 1.54) is 77.7 Å². The summed E-state index contributed by atoms with van der Waals surface area (Å²) in [5.41, 5.74) is 17.7. The molecule has 0 unspecified atom stereocenters. The van der Waals surface area contributed by atoms with Crippen LogP contribution in [-0.4, -0.2) is 4.57 Å². The van der Waals surface area contributed by atoms with E-state index in [9.17, 15) is 0 Å². The molecular formula is C48H38N2. The molecule has 0 radical (unpaired) electrons. The topological polar surface area (TPSA) is 8.17 Å². The van der Waals surface area contributed by atoms with Gasteiger partial charge in [0, 0.05) is 44.1 Å². The Morgan fingerprint density at radius 1 is 0.420 bits per heavy atom. The summed E-state index contributed by atoms with van der Waals surface area (Å²) in [4.78, 5) is 2.55. The third kappa shape index (κ3) is 3.85. The largest absolute Gasteiger partial charge is 0.309 e. The van der Waals surface area contributed by atoms with Crippen LogP contribution in [0, 0.1) is 0 Å². The summed E-state index contributed by atoms with van der Waals surface area (Å²) in [6.07, 6.45) is 0. The Labute approximate surface area is 293 Å². The molecule has 50 heavy (non-hydrogen) atoms. The number of hydrogen-bond donors (Lipinski definition) is 0. The molecule has 0 saturated carbocycles. The van der Waals surface area contributed by atoms with Crippen molar-refractivity contribution in [3.05, 3.63) is 180 Å². The quantitative estimate of drug-likeness (QED) is 0.185. The van der Waals surface area contributed by atoms with Crippen molar-refractivity contribution in [1.82, 2.24) is 4.57 Å². The van der Waals surface area contributed by atoms with E-state index in [1.807, 2.05) is 0 Å². The molecule has 10 rings (SSSR count). The molecule has 0 aliphatic heterocycles. The maximum Gasteiger partial charge on any atom is 0.0543 e. The van der Waals surface area contributed by atoms with E-state index < -0.39 is 0 Å². The second-order valence-electron chi connectivity index (χ2n) is 15.0. The first-order valence-corrected chi connectivity index (χ1v) is 17.7. The van der Waals surface area contributed by atoms with Crippen molar-refractivity contribution in [2.24, 2.45) is 0 Å². The van der Waals surface area contributed by atoms with Gasteiger partial charge in [0.25, 0.3) is 0 Å². The number of aromatic nitrogens is 1. The highest BCUT2D eigenvalue weighted by atomic mass is 15.2. The normalized spacial score (nSPS) is 14.7. The van der Waals surface area contributed by atoms with Gasteiger partial charge >= 0.3 is 0 Å². The predicted molar refractivity (Wildman–Crippen MR) is 211 cm³/mol. The van der Waals surface area contributed by atoms with Crippen LogP contribution >= 0.6 is 0 Å². The van der Waals surface area contributed by atoms with E-state index in [2.05, 4.69) is 195 Å². The van der Waals surface area contributed by atoms with Crippen LogP contribution in [0.1, 0.15) is 49.9 Å². The first-order chi connectivity index (χ1) is 24.4. The van der Waals surface area contributed by atoms with Crippen LogP contribution in [0.5, 0.6) is 0 Å². The zero-order chi connectivity index (χ0) is 33.8. The van der Waals surface area contributed by atoms with E-state index in [-0.39, 0.29) is 10.8 Å². The smallest absolute Gasteiger partial charge is 0.0543 e. The summed E-state index contributed by atoms with van der Waals surface area (Å²) in [7, 11) is 0. The SMILES string of the molecule is CC1(C)c2ccccc2-c2c(N(c3cccc(-n4c5ccccc5c5ccccc54)c3)c3cccc4c3-c3ccccc3C4(C)C)cccc21. The van der Waals surface area contributed by atoms with Crippen LogP contribution in [0.2, 0.25) is 0 Å². The Hall–Kier alpha value is -5.86. The van der Waals surface area contributed by atoms with Crippen molar-refractivity contribution in [3.8, 4) is 27.9 Å². The van der Waals surface area contributed by atoms with Crippen LogP contribution in [0.15, 0.2) is 158 Å². The molecule has 0 spiro atoms. The monoisotopic (exact) mass is 642 g/mol. The molecule has 1 heterocycles. The van der Waals surface area contributed by atoms with Crippen LogP contribution in [0.25, 0.3) is 49.7 Å². The number of anilines is 3. The molecule has 2 aliphatic carbocycles. The molecule has 240 valence electrons. The lowest BCUT2D eigenvalue weighted by Gasteiger charge is -2.31. The lowest BCUT2D eigenvalue weighted by molar-refractivity contribution is 0.660. The highest BCUT2D eigenvalue weighted by molar-refractivity contribution is 6.09.